The van der Waals surface area contributed by atoms with Crippen molar-refractivity contribution in [3.8, 4) is 0 Å². The number of rotatable bonds is 6. The first kappa shape index (κ1) is 19.8. The fourth-order valence-corrected chi connectivity index (χ4v) is 5.64. The third-order valence-electron chi connectivity index (χ3n) is 7.81. The Morgan fingerprint density at radius 2 is 1.14 bits per heavy atom. The van der Waals surface area contributed by atoms with Gasteiger partial charge in [-0.3, -0.25) is 9.59 Å². The fraction of sp³-hybridized carbons (Fsp3) is 0.913. The van der Waals surface area contributed by atoms with Gasteiger partial charge in [-0.2, -0.15) is 0 Å². The smallest absolute Gasteiger partial charge is 0.309 e. The van der Waals surface area contributed by atoms with Crippen molar-refractivity contribution in [1.82, 2.24) is 0 Å². The summed E-state index contributed by atoms with van der Waals surface area (Å²) >= 11 is 0. The van der Waals surface area contributed by atoms with E-state index in [9.17, 15) is 9.59 Å². The number of hydrogen-bond acceptors (Lipinski definition) is 6. The van der Waals surface area contributed by atoms with Gasteiger partial charge in [0.05, 0.1) is 49.5 Å². The predicted octanol–water partition coefficient (Wildman–Crippen LogP) is 3.40. The van der Waals surface area contributed by atoms with Crippen LogP contribution in [0.15, 0.2) is 0 Å². The van der Waals surface area contributed by atoms with Crippen LogP contribution in [-0.2, 0) is 28.5 Å². The van der Waals surface area contributed by atoms with Crippen LogP contribution in [0.1, 0.15) is 70.6 Å². The van der Waals surface area contributed by atoms with E-state index in [-0.39, 0.29) is 23.8 Å². The second-order valence-electron chi connectivity index (χ2n) is 9.95. The average molecular weight is 407 g/mol. The molecule has 2 heterocycles. The van der Waals surface area contributed by atoms with Crippen LogP contribution in [0, 0.1) is 23.7 Å². The van der Waals surface area contributed by atoms with Crippen LogP contribution in [-0.4, -0.2) is 49.6 Å². The largest absolute Gasteiger partial charge is 0.465 e. The quantitative estimate of drug-likeness (QED) is 0.497. The maximum Gasteiger partial charge on any atom is 0.309 e. The highest BCUT2D eigenvalue weighted by molar-refractivity contribution is 5.73. The summed E-state index contributed by atoms with van der Waals surface area (Å²) in [4.78, 5) is 24.7. The molecule has 6 unspecified atom stereocenters. The zero-order chi connectivity index (χ0) is 19.8. The van der Waals surface area contributed by atoms with Gasteiger partial charge in [0.1, 0.15) is 0 Å². The summed E-state index contributed by atoms with van der Waals surface area (Å²) in [6.45, 7) is 1.09. The summed E-state index contributed by atoms with van der Waals surface area (Å²) in [6.07, 6.45) is 12.4. The maximum atomic E-state index is 12.4. The maximum absolute atomic E-state index is 12.4. The number of hydrogen-bond donors (Lipinski definition) is 0. The third kappa shape index (κ3) is 4.96. The monoisotopic (exact) mass is 406 g/mol. The van der Waals surface area contributed by atoms with Crippen molar-refractivity contribution in [3.05, 3.63) is 0 Å². The molecule has 6 atom stereocenters. The van der Waals surface area contributed by atoms with E-state index in [2.05, 4.69) is 0 Å². The zero-order valence-electron chi connectivity index (χ0n) is 17.3. The molecule has 0 spiro atoms. The Morgan fingerprint density at radius 1 is 0.621 bits per heavy atom. The Kier molecular flexibility index (Phi) is 5.83. The van der Waals surface area contributed by atoms with Crippen LogP contribution >= 0.6 is 0 Å². The molecule has 0 radical (unpaired) electrons. The van der Waals surface area contributed by atoms with Gasteiger partial charge in [0, 0.05) is 0 Å². The summed E-state index contributed by atoms with van der Waals surface area (Å²) in [7, 11) is 0. The van der Waals surface area contributed by atoms with Gasteiger partial charge in [-0.1, -0.05) is 0 Å². The Hall–Kier alpha value is -1.14. The lowest BCUT2D eigenvalue weighted by molar-refractivity contribution is -0.153. The molecule has 3 saturated carbocycles. The van der Waals surface area contributed by atoms with Crippen LogP contribution in [0.4, 0.5) is 0 Å². The van der Waals surface area contributed by atoms with Crippen molar-refractivity contribution in [1.29, 1.82) is 0 Å². The molecule has 0 aromatic rings. The lowest BCUT2D eigenvalue weighted by Crippen LogP contribution is -2.28. The van der Waals surface area contributed by atoms with E-state index in [1.807, 2.05) is 0 Å². The summed E-state index contributed by atoms with van der Waals surface area (Å²) in [5.41, 5.74) is 0. The van der Waals surface area contributed by atoms with E-state index in [0.29, 0.717) is 49.5 Å². The minimum Gasteiger partial charge on any atom is -0.465 e. The highest BCUT2D eigenvalue weighted by Gasteiger charge is 2.46. The van der Waals surface area contributed by atoms with Crippen LogP contribution in [0.3, 0.4) is 0 Å². The molecule has 0 aromatic heterocycles. The Balaban J connectivity index is 0.965. The molecule has 3 aliphatic carbocycles. The van der Waals surface area contributed by atoms with E-state index < -0.39 is 0 Å². The molecule has 29 heavy (non-hydrogen) atoms. The fourth-order valence-electron chi connectivity index (χ4n) is 5.64. The molecule has 0 amide bonds. The molecule has 6 nitrogen and oxygen atoms in total. The number of ether oxygens (including phenoxy) is 4. The number of carbonyl (C=O) groups is 2. The van der Waals surface area contributed by atoms with E-state index >= 15 is 0 Å². The van der Waals surface area contributed by atoms with Crippen molar-refractivity contribution in [2.75, 3.05) is 13.2 Å². The predicted molar refractivity (Wildman–Crippen MR) is 104 cm³/mol. The summed E-state index contributed by atoms with van der Waals surface area (Å²) in [5.74, 6) is 0.912. The highest BCUT2D eigenvalue weighted by Crippen LogP contribution is 2.40. The molecule has 5 aliphatic rings. The first-order chi connectivity index (χ1) is 14.2. The third-order valence-corrected chi connectivity index (χ3v) is 7.81. The van der Waals surface area contributed by atoms with Crippen LogP contribution in [0.25, 0.3) is 0 Å². The van der Waals surface area contributed by atoms with E-state index in [1.54, 1.807) is 0 Å². The molecule has 0 bridgehead atoms. The standard InChI is InChI=1S/C23H34O6/c24-22(16-2-1-3-18-20(10-16)28-18)26-12-14-4-6-15(7-5-14)13-27-23(25)17-8-9-19-21(11-17)29-19/h14-21H,1-13H2. The van der Waals surface area contributed by atoms with Crippen LogP contribution < -0.4 is 0 Å². The van der Waals surface area contributed by atoms with E-state index in [0.717, 1.165) is 70.6 Å². The van der Waals surface area contributed by atoms with Crippen molar-refractivity contribution in [3.63, 3.8) is 0 Å². The van der Waals surface area contributed by atoms with Gasteiger partial charge < -0.3 is 18.9 Å². The summed E-state index contributed by atoms with van der Waals surface area (Å²) < 4.78 is 22.4. The second kappa shape index (κ2) is 8.54. The molecular formula is C23H34O6. The number of fused-ring (bicyclic) bond motifs is 2. The minimum atomic E-state index is -0.0275. The second-order valence-corrected chi connectivity index (χ2v) is 9.95. The van der Waals surface area contributed by atoms with Crippen molar-refractivity contribution < 1.29 is 28.5 Å². The molecule has 5 fully saturated rings. The number of esters is 2. The zero-order valence-corrected chi connectivity index (χ0v) is 17.3. The average Bonchev–Trinajstić information content (AvgIpc) is 3.63. The molecule has 0 N–H and O–H groups in total. The van der Waals surface area contributed by atoms with Crippen molar-refractivity contribution >= 4 is 11.9 Å². The van der Waals surface area contributed by atoms with E-state index in [4.69, 9.17) is 18.9 Å². The molecule has 2 saturated heterocycles. The van der Waals surface area contributed by atoms with Crippen LogP contribution in [0.2, 0.25) is 0 Å². The van der Waals surface area contributed by atoms with Gasteiger partial charge in [-0.05, 0) is 82.5 Å². The summed E-state index contributed by atoms with van der Waals surface area (Å²) in [5, 5.41) is 0. The molecule has 5 rings (SSSR count). The van der Waals surface area contributed by atoms with E-state index in [1.165, 1.54) is 0 Å². The van der Waals surface area contributed by atoms with Crippen molar-refractivity contribution in [2.24, 2.45) is 23.7 Å². The summed E-state index contributed by atoms with van der Waals surface area (Å²) in [6, 6.07) is 0. The van der Waals surface area contributed by atoms with Gasteiger partial charge in [0.15, 0.2) is 0 Å². The number of carbonyl (C=O) groups excluding carboxylic acids is 2. The molecule has 162 valence electrons. The normalized spacial score (nSPS) is 43.3. The van der Waals surface area contributed by atoms with Gasteiger partial charge in [0.25, 0.3) is 0 Å². The van der Waals surface area contributed by atoms with Gasteiger partial charge >= 0.3 is 11.9 Å². The molecule has 6 heteroatoms. The molecule has 0 aromatic carbocycles. The Labute approximate surface area is 173 Å². The minimum absolute atomic E-state index is 0.0217. The van der Waals surface area contributed by atoms with Gasteiger partial charge in [-0.15, -0.1) is 0 Å². The first-order valence-electron chi connectivity index (χ1n) is 11.8. The first-order valence-corrected chi connectivity index (χ1v) is 11.8. The lowest BCUT2D eigenvalue weighted by Gasteiger charge is -2.29. The SMILES string of the molecule is O=C(OCC1CCC(COC(=O)C2CCC3OC3C2)CC1)C1CCCC2OC2C1. The Bertz CT molecular complexity index is 612. The topological polar surface area (TPSA) is 77.7 Å². The highest BCUT2D eigenvalue weighted by atomic mass is 16.6. The van der Waals surface area contributed by atoms with Crippen LogP contribution in [0.5, 0.6) is 0 Å². The number of epoxide rings is 2. The van der Waals surface area contributed by atoms with Gasteiger partial charge in [0.2, 0.25) is 0 Å². The Morgan fingerprint density at radius 3 is 1.69 bits per heavy atom. The molecule has 2 aliphatic heterocycles. The van der Waals surface area contributed by atoms with Gasteiger partial charge in [-0.25, -0.2) is 0 Å². The lowest BCUT2D eigenvalue weighted by atomic mass is 9.83. The molecular weight excluding hydrogens is 372 g/mol. The van der Waals surface area contributed by atoms with Crippen molar-refractivity contribution in [2.45, 2.75) is 95.0 Å².